The summed E-state index contributed by atoms with van der Waals surface area (Å²) in [4.78, 5) is 0. The molecular weight excluding hydrogens is 316 g/mol. The molecule has 1 aromatic heterocycles. The first-order chi connectivity index (χ1) is 12.8. The summed E-state index contributed by atoms with van der Waals surface area (Å²) in [5, 5.41) is 0. The van der Waals surface area contributed by atoms with Crippen molar-refractivity contribution in [2.24, 2.45) is 7.05 Å². The highest BCUT2D eigenvalue weighted by Gasteiger charge is 2.28. The van der Waals surface area contributed by atoms with E-state index in [-0.39, 0.29) is 0 Å². The maximum Gasteiger partial charge on any atom is 0.254 e. The molecule has 0 fully saturated rings. The Morgan fingerprint density at radius 1 is 0.692 bits per heavy atom. The lowest BCUT2D eigenvalue weighted by Gasteiger charge is -2.06. The van der Waals surface area contributed by atoms with Crippen LogP contribution in [0.5, 0.6) is 0 Å². The van der Waals surface area contributed by atoms with Crippen LogP contribution in [0.3, 0.4) is 0 Å². The van der Waals surface area contributed by atoms with Crippen molar-refractivity contribution in [1.82, 2.24) is 4.57 Å². The van der Waals surface area contributed by atoms with E-state index in [1.807, 2.05) is 0 Å². The van der Waals surface area contributed by atoms with Crippen LogP contribution in [-0.4, -0.2) is 4.57 Å². The number of hydrogen-bond donors (Lipinski definition) is 0. The van der Waals surface area contributed by atoms with Crippen molar-refractivity contribution in [3.05, 3.63) is 102 Å². The van der Waals surface area contributed by atoms with Gasteiger partial charge in [-0.3, -0.25) is 0 Å². The van der Waals surface area contributed by atoms with Crippen LogP contribution in [0.4, 0.5) is 0 Å². The quantitative estimate of drug-likeness (QED) is 0.463. The van der Waals surface area contributed by atoms with E-state index in [4.69, 9.17) is 0 Å². The molecule has 0 aliphatic heterocycles. The predicted molar refractivity (Wildman–Crippen MR) is 107 cm³/mol. The van der Waals surface area contributed by atoms with Crippen molar-refractivity contribution >= 4 is 0 Å². The Hall–Kier alpha value is -3.13. The minimum Gasteiger partial charge on any atom is -0.230 e. The zero-order valence-electron chi connectivity index (χ0n) is 15.3. The van der Waals surface area contributed by atoms with Crippen molar-refractivity contribution in [2.75, 3.05) is 0 Å². The first-order valence-corrected chi connectivity index (χ1v) is 8.99. The van der Waals surface area contributed by atoms with Crippen LogP contribution < -0.4 is 4.57 Å². The topological polar surface area (TPSA) is 8.81 Å². The summed E-state index contributed by atoms with van der Waals surface area (Å²) in [5.74, 6) is 1.24. The van der Waals surface area contributed by atoms with Crippen LogP contribution in [0.15, 0.2) is 91.0 Å². The SMILES string of the molecule is Cc1n(C)c(-c2ccccc2)c(-c2ccccc2)[n+]1Cc1ccccc1. The summed E-state index contributed by atoms with van der Waals surface area (Å²) in [6.07, 6.45) is 0. The number of nitrogens with zero attached hydrogens (tertiary/aromatic N) is 2. The van der Waals surface area contributed by atoms with E-state index in [1.165, 1.54) is 33.9 Å². The lowest BCUT2D eigenvalue weighted by atomic mass is 10.0. The van der Waals surface area contributed by atoms with Gasteiger partial charge in [-0.05, 0) is 5.56 Å². The van der Waals surface area contributed by atoms with Crippen LogP contribution in [0.2, 0.25) is 0 Å². The molecule has 0 saturated carbocycles. The summed E-state index contributed by atoms with van der Waals surface area (Å²) in [6, 6.07) is 32.0. The van der Waals surface area contributed by atoms with Crippen molar-refractivity contribution in [3.8, 4) is 22.5 Å². The van der Waals surface area contributed by atoms with Gasteiger partial charge in [0.15, 0.2) is 11.4 Å². The Bertz CT molecular complexity index is 1000. The largest absolute Gasteiger partial charge is 0.254 e. The van der Waals surface area contributed by atoms with E-state index in [0.29, 0.717) is 0 Å². The molecule has 0 aliphatic rings. The summed E-state index contributed by atoms with van der Waals surface area (Å²) in [5.41, 5.74) is 6.31. The molecule has 0 unspecified atom stereocenters. The second-order valence-corrected chi connectivity index (χ2v) is 6.61. The summed E-state index contributed by atoms with van der Waals surface area (Å²) in [6.45, 7) is 3.05. The molecule has 0 atom stereocenters. The molecule has 0 radical (unpaired) electrons. The normalized spacial score (nSPS) is 10.8. The summed E-state index contributed by atoms with van der Waals surface area (Å²) < 4.78 is 4.73. The van der Waals surface area contributed by atoms with Gasteiger partial charge in [0.2, 0.25) is 0 Å². The molecule has 0 spiro atoms. The van der Waals surface area contributed by atoms with Crippen LogP contribution >= 0.6 is 0 Å². The standard InChI is InChI=1S/C24H23N2/c1-19-25(2)23(21-14-8-4-9-15-21)24(22-16-10-5-11-17-22)26(19)18-20-12-6-3-7-13-20/h3-17H,18H2,1-2H3/q+1. The highest BCUT2D eigenvalue weighted by Crippen LogP contribution is 2.31. The average Bonchev–Trinajstić information content (AvgIpc) is 2.95. The average molecular weight is 339 g/mol. The molecule has 1 heterocycles. The fraction of sp³-hybridized carbons (Fsp3) is 0.125. The maximum atomic E-state index is 2.42. The second-order valence-electron chi connectivity index (χ2n) is 6.61. The molecule has 0 aliphatic carbocycles. The summed E-state index contributed by atoms with van der Waals surface area (Å²) >= 11 is 0. The third kappa shape index (κ3) is 2.95. The first kappa shape index (κ1) is 16.3. The third-order valence-corrected chi connectivity index (χ3v) is 4.98. The van der Waals surface area contributed by atoms with E-state index < -0.39 is 0 Å². The van der Waals surface area contributed by atoms with Crippen LogP contribution in [0, 0.1) is 6.92 Å². The van der Waals surface area contributed by atoms with Crippen molar-refractivity contribution in [3.63, 3.8) is 0 Å². The molecule has 128 valence electrons. The number of rotatable bonds is 4. The highest BCUT2D eigenvalue weighted by atomic mass is 15.2. The molecule has 2 heteroatoms. The zero-order chi connectivity index (χ0) is 17.9. The predicted octanol–water partition coefficient (Wildman–Crippen LogP) is 5.00. The van der Waals surface area contributed by atoms with Crippen molar-refractivity contribution in [2.45, 2.75) is 13.5 Å². The van der Waals surface area contributed by atoms with Gasteiger partial charge < -0.3 is 0 Å². The van der Waals surface area contributed by atoms with E-state index in [2.05, 4.69) is 114 Å². The van der Waals surface area contributed by atoms with Crippen molar-refractivity contribution < 1.29 is 4.57 Å². The van der Waals surface area contributed by atoms with Gasteiger partial charge in [0.25, 0.3) is 5.82 Å². The summed E-state index contributed by atoms with van der Waals surface area (Å²) in [7, 11) is 2.16. The Kier molecular flexibility index (Phi) is 4.40. The molecule has 0 saturated heterocycles. The van der Waals surface area contributed by atoms with Gasteiger partial charge in [-0.2, -0.15) is 0 Å². The fourth-order valence-corrected chi connectivity index (χ4v) is 3.57. The Labute approximate surface area is 155 Å². The smallest absolute Gasteiger partial charge is 0.230 e. The molecule has 0 bridgehead atoms. The number of aromatic nitrogens is 2. The van der Waals surface area contributed by atoms with E-state index >= 15 is 0 Å². The van der Waals surface area contributed by atoms with Gasteiger partial charge in [0, 0.05) is 18.1 Å². The maximum absolute atomic E-state index is 2.42. The van der Waals surface area contributed by atoms with Crippen LogP contribution in [-0.2, 0) is 13.6 Å². The van der Waals surface area contributed by atoms with Gasteiger partial charge >= 0.3 is 0 Å². The van der Waals surface area contributed by atoms with Crippen molar-refractivity contribution in [1.29, 1.82) is 0 Å². The first-order valence-electron chi connectivity index (χ1n) is 8.99. The number of hydrogen-bond acceptors (Lipinski definition) is 0. The van der Waals surface area contributed by atoms with E-state index in [0.717, 1.165) is 6.54 Å². The number of benzene rings is 3. The van der Waals surface area contributed by atoms with Crippen LogP contribution in [0.25, 0.3) is 22.5 Å². The second kappa shape index (κ2) is 7.01. The van der Waals surface area contributed by atoms with Crippen LogP contribution in [0.1, 0.15) is 11.4 Å². The zero-order valence-corrected chi connectivity index (χ0v) is 15.3. The molecule has 3 aromatic carbocycles. The molecule has 4 rings (SSSR count). The Balaban J connectivity index is 1.96. The highest BCUT2D eigenvalue weighted by molar-refractivity contribution is 5.76. The van der Waals surface area contributed by atoms with Gasteiger partial charge in [-0.25, -0.2) is 9.13 Å². The number of imidazole rings is 1. The van der Waals surface area contributed by atoms with Gasteiger partial charge in [0.05, 0.1) is 7.05 Å². The molecule has 0 amide bonds. The van der Waals surface area contributed by atoms with E-state index in [1.54, 1.807) is 0 Å². The monoisotopic (exact) mass is 339 g/mol. The molecular formula is C24H23N2+. The molecule has 26 heavy (non-hydrogen) atoms. The van der Waals surface area contributed by atoms with E-state index in [9.17, 15) is 0 Å². The minimum atomic E-state index is 0.859. The molecule has 4 aromatic rings. The Morgan fingerprint density at radius 2 is 1.19 bits per heavy atom. The van der Waals surface area contributed by atoms with Gasteiger partial charge in [-0.1, -0.05) is 91.0 Å². The molecule has 2 nitrogen and oxygen atoms in total. The lowest BCUT2D eigenvalue weighted by molar-refractivity contribution is -0.683. The fourth-order valence-electron chi connectivity index (χ4n) is 3.57. The lowest BCUT2D eigenvalue weighted by Crippen LogP contribution is -2.38. The van der Waals surface area contributed by atoms with Gasteiger partial charge in [-0.15, -0.1) is 0 Å². The third-order valence-electron chi connectivity index (χ3n) is 4.98. The Morgan fingerprint density at radius 3 is 1.77 bits per heavy atom. The van der Waals surface area contributed by atoms with Gasteiger partial charge in [0.1, 0.15) is 6.54 Å². The minimum absolute atomic E-state index is 0.859. The molecule has 0 N–H and O–H groups in total.